The fourth-order valence-electron chi connectivity index (χ4n) is 1.43. The smallest absolute Gasteiger partial charge is 0.338 e. The quantitative estimate of drug-likeness (QED) is 0.745. The number of carbonyl (C=O) groups excluding carboxylic acids is 1. The van der Waals surface area contributed by atoms with E-state index in [1.54, 1.807) is 19.1 Å². The fourth-order valence-corrected chi connectivity index (χ4v) is 1.64. The number of carbonyl (C=O) groups is 1. The lowest BCUT2D eigenvalue weighted by atomic mass is 10.2. The summed E-state index contributed by atoms with van der Waals surface area (Å²) in [6.45, 7) is 6.66. The summed E-state index contributed by atoms with van der Waals surface area (Å²) in [7, 11) is 0. The fraction of sp³-hybridized carbons (Fsp3) is 0.462. The van der Waals surface area contributed by atoms with Crippen LogP contribution in [0.4, 0.5) is 0 Å². The number of hydrogen-bond donors (Lipinski definition) is 0. The van der Waals surface area contributed by atoms with Crippen molar-refractivity contribution in [2.75, 3.05) is 19.8 Å². The molecule has 1 aromatic rings. The van der Waals surface area contributed by atoms with Crippen LogP contribution in [0, 0.1) is 0 Å². The zero-order valence-electron chi connectivity index (χ0n) is 10.8. The normalized spacial score (nSPS) is 10.0. The van der Waals surface area contributed by atoms with E-state index in [2.05, 4.69) is 0 Å². The predicted octanol–water partition coefficient (Wildman–Crippen LogP) is 3.31. The Morgan fingerprint density at radius 3 is 1.94 bits per heavy atom. The molecular weight excluding hydrogens is 256 g/mol. The van der Waals surface area contributed by atoms with E-state index in [9.17, 15) is 4.79 Å². The average Bonchev–Trinajstić information content (AvgIpc) is 2.34. The Balaban J connectivity index is 3.15. The van der Waals surface area contributed by atoms with Crippen molar-refractivity contribution in [3.8, 4) is 11.5 Å². The first-order chi connectivity index (χ1) is 8.63. The Morgan fingerprint density at radius 2 is 1.56 bits per heavy atom. The number of ether oxygens (including phenoxy) is 3. The number of benzene rings is 1. The molecule has 0 saturated carbocycles. The molecule has 0 bridgehead atoms. The monoisotopic (exact) mass is 272 g/mol. The molecule has 100 valence electrons. The Morgan fingerprint density at radius 1 is 1.06 bits per heavy atom. The topological polar surface area (TPSA) is 44.8 Å². The van der Waals surface area contributed by atoms with E-state index in [4.69, 9.17) is 25.8 Å². The Bertz CT molecular complexity index is 390. The lowest BCUT2D eigenvalue weighted by Gasteiger charge is -2.12. The van der Waals surface area contributed by atoms with Gasteiger partial charge in [-0.1, -0.05) is 11.6 Å². The first-order valence-electron chi connectivity index (χ1n) is 5.90. The van der Waals surface area contributed by atoms with Crippen LogP contribution in [0.15, 0.2) is 12.1 Å². The molecule has 0 unspecified atom stereocenters. The molecule has 0 heterocycles. The molecule has 18 heavy (non-hydrogen) atoms. The van der Waals surface area contributed by atoms with Crippen LogP contribution in [-0.2, 0) is 4.74 Å². The second-order valence-electron chi connectivity index (χ2n) is 3.37. The average molecular weight is 273 g/mol. The molecule has 0 amide bonds. The molecule has 0 aromatic heterocycles. The maximum absolute atomic E-state index is 11.7. The van der Waals surface area contributed by atoms with Crippen molar-refractivity contribution in [2.45, 2.75) is 20.8 Å². The van der Waals surface area contributed by atoms with Gasteiger partial charge in [0.2, 0.25) is 0 Å². The molecule has 0 saturated heterocycles. The molecule has 0 N–H and O–H groups in total. The van der Waals surface area contributed by atoms with Crippen LogP contribution < -0.4 is 9.47 Å². The highest BCUT2D eigenvalue weighted by molar-refractivity contribution is 6.33. The van der Waals surface area contributed by atoms with Gasteiger partial charge in [0.05, 0.1) is 25.4 Å². The Kier molecular flexibility index (Phi) is 5.78. The third kappa shape index (κ3) is 3.53. The van der Waals surface area contributed by atoms with Gasteiger partial charge in [0.1, 0.15) is 16.5 Å². The van der Waals surface area contributed by atoms with Crippen LogP contribution in [0.5, 0.6) is 11.5 Å². The summed E-state index contributed by atoms with van der Waals surface area (Å²) in [5.74, 6) is 0.428. The van der Waals surface area contributed by atoms with Crippen molar-refractivity contribution in [1.82, 2.24) is 0 Å². The van der Waals surface area contributed by atoms with Crippen LogP contribution in [-0.4, -0.2) is 25.8 Å². The van der Waals surface area contributed by atoms with Gasteiger partial charge in [-0.05, 0) is 32.9 Å². The van der Waals surface area contributed by atoms with Gasteiger partial charge in [-0.2, -0.15) is 0 Å². The van der Waals surface area contributed by atoms with E-state index in [0.717, 1.165) is 0 Å². The molecule has 0 spiro atoms. The molecular formula is C13H17ClO4. The predicted molar refractivity (Wildman–Crippen MR) is 69.7 cm³/mol. The molecule has 1 rings (SSSR count). The van der Waals surface area contributed by atoms with E-state index < -0.39 is 5.97 Å². The van der Waals surface area contributed by atoms with Gasteiger partial charge in [-0.15, -0.1) is 0 Å². The summed E-state index contributed by atoms with van der Waals surface area (Å²) in [6, 6.07) is 3.12. The van der Waals surface area contributed by atoms with Gasteiger partial charge in [-0.25, -0.2) is 4.79 Å². The second kappa shape index (κ2) is 7.11. The van der Waals surface area contributed by atoms with Crippen LogP contribution in [0.3, 0.4) is 0 Å². The molecule has 0 fully saturated rings. The van der Waals surface area contributed by atoms with E-state index in [1.807, 2.05) is 13.8 Å². The van der Waals surface area contributed by atoms with Crippen LogP contribution in [0.2, 0.25) is 5.02 Å². The minimum atomic E-state index is -0.420. The van der Waals surface area contributed by atoms with Crippen LogP contribution >= 0.6 is 11.6 Å². The van der Waals surface area contributed by atoms with Crippen LogP contribution in [0.25, 0.3) is 0 Å². The molecule has 0 radical (unpaired) electrons. The second-order valence-corrected chi connectivity index (χ2v) is 3.75. The SMILES string of the molecule is CCOC(=O)c1cc(OCC)c(Cl)c(OCC)c1. The number of hydrogen-bond acceptors (Lipinski definition) is 4. The first-order valence-corrected chi connectivity index (χ1v) is 6.28. The highest BCUT2D eigenvalue weighted by Gasteiger charge is 2.16. The zero-order valence-corrected chi connectivity index (χ0v) is 11.5. The van der Waals surface area contributed by atoms with Crippen molar-refractivity contribution in [3.63, 3.8) is 0 Å². The Labute approximate surface area is 112 Å². The van der Waals surface area contributed by atoms with Gasteiger partial charge < -0.3 is 14.2 Å². The van der Waals surface area contributed by atoms with Crippen molar-refractivity contribution in [1.29, 1.82) is 0 Å². The van der Waals surface area contributed by atoms with E-state index in [1.165, 1.54) is 0 Å². The van der Waals surface area contributed by atoms with Crippen molar-refractivity contribution >= 4 is 17.6 Å². The molecule has 1 aromatic carbocycles. The summed E-state index contributed by atoms with van der Waals surface area (Å²) in [5, 5.41) is 0.367. The minimum Gasteiger partial charge on any atom is -0.492 e. The summed E-state index contributed by atoms with van der Waals surface area (Å²) >= 11 is 6.12. The maximum Gasteiger partial charge on any atom is 0.338 e. The lowest BCUT2D eigenvalue weighted by Crippen LogP contribution is -2.06. The summed E-state index contributed by atoms with van der Waals surface area (Å²) < 4.78 is 15.7. The molecule has 5 heteroatoms. The van der Waals surface area contributed by atoms with Gasteiger partial charge in [-0.3, -0.25) is 0 Å². The van der Waals surface area contributed by atoms with Gasteiger partial charge >= 0.3 is 5.97 Å². The summed E-state index contributed by atoms with van der Waals surface area (Å²) in [5.41, 5.74) is 0.369. The first kappa shape index (κ1) is 14.6. The van der Waals surface area contributed by atoms with Gasteiger partial charge in [0.25, 0.3) is 0 Å². The van der Waals surface area contributed by atoms with Gasteiger partial charge in [0.15, 0.2) is 0 Å². The molecule has 0 atom stereocenters. The summed E-state index contributed by atoms with van der Waals surface area (Å²) in [4.78, 5) is 11.7. The van der Waals surface area contributed by atoms with E-state index >= 15 is 0 Å². The van der Waals surface area contributed by atoms with Crippen molar-refractivity contribution in [3.05, 3.63) is 22.7 Å². The van der Waals surface area contributed by atoms with Gasteiger partial charge in [0, 0.05) is 0 Å². The maximum atomic E-state index is 11.7. The van der Waals surface area contributed by atoms with Crippen LogP contribution in [0.1, 0.15) is 31.1 Å². The minimum absolute atomic E-state index is 0.315. The highest BCUT2D eigenvalue weighted by atomic mass is 35.5. The van der Waals surface area contributed by atoms with E-state index in [-0.39, 0.29) is 0 Å². The lowest BCUT2D eigenvalue weighted by molar-refractivity contribution is 0.0525. The molecule has 4 nitrogen and oxygen atoms in total. The number of halogens is 1. The third-order valence-electron chi connectivity index (χ3n) is 2.12. The highest BCUT2D eigenvalue weighted by Crippen LogP contribution is 2.36. The number of rotatable bonds is 6. The molecule has 0 aliphatic rings. The standard InChI is InChI=1S/C13H17ClO4/c1-4-16-10-7-9(13(15)18-6-3)8-11(12(10)14)17-5-2/h7-8H,4-6H2,1-3H3. The molecule has 0 aliphatic heterocycles. The molecule has 0 aliphatic carbocycles. The van der Waals surface area contributed by atoms with Crippen molar-refractivity contribution in [2.24, 2.45) is 0 Å². The van der Waals surface area contributed by atoms with E-state index in [0.29, 0.717) is 41.9 Å². The largest absolute Gasteiger partial charge is 0.492 e. The summed E-state index contributed by atoms with van der Waals surface area (Å²) in [6.07, 6.45) is 0. The van der Waals surface area contributed by atoms with Crippen molar-refractivity contribution < 1.29 is 19.0 Å². The number of esters is 1. The zero-order chi connectivity index (χ0) is 13.5. The Hall–Kier alpha value is -1.42. The third-order valence-corrected chi connectivity index (χ3v) is 2.49.